The fraction of sp³-hybridized carbons (Fsp3) is 0.625. The fourth-order valence-corrected chi connectivity index (χ4v) is 12.1. The van der Waals surface area contributed by atoms with Crippen LogP contribution in [0.3, 0.4) is 0 Å². The molecular formula is C96H159NO8P+. The number of allylic oxidation sites excluding steroid dienone is 34. The molecule has 0 amide bonds. The van der Waals surface area contributed by atoms with E-state index in [9.17, 15) is 19.0 Å². The molecule has 0 aliphatic carbocycles. The van der Waals surface area contributed by atoms with E-state index in [2.05, 4.69) is 220 Å². The van der Waals surface area contributed by atoms with E-state index in [1.807, 2.05) is 21.1 Å². The topological polar surface area (TPSA) is 108 Å². The number of quaternary nitrogens is 1. The Morgan fingerprint density at radius 3 is 0.755 bits per heavy atom. The summed E-state index contributed by atoms with van der Waals surface area (Å²) in [6.07, 6.45) is 131. The van der Waals surface area contributed by atoms with Crippen molar-refractivity contribution in [2.24, 2.45) is 0 Å². The number of ether oxygens (including phenoxy) is 2. The Morgan fingerprint density at radius 1 is 0.292 bits per heavy atom. The predicted octanol–water partition coefficient (Wildman–Crippen LogP) is 29.3. The highest BCUT2D eigenvalue weighted by molar-refractivity contribution is 7.47. The molecule has 600 valence electrons. The molecule has 0 radical (unpaired) electrons. The fourth-order valence-electron chi connectivity index (χ4n) is 11.4. The minimum Gasteiger partial charge on any atom is -0.462 e. The molecule has 0 heterocycles. The Bertz CT molecular complexity index is 2560. The predicted molar refractivity (Wildman–Crippen MR) is 463 cm³/mol. The van der Waals surface area contributed by atoms with E-state index in [-0.39, 0.29) is 32.0 Å². The van der Waals surface area contributed by atoms with Crippen LogP contribution in [-0.4, -0.2) is 74.9 Å². The average Bonchev–Trinajstić information content (AvgIpc) is 0.908. The minimum atomic E-state index is -4.41. The SMILES string of the molecule is CC/C=C\C/C=C\C/C=C\C/C=C\C/C=C\C/C=C\C/C=C\C/C=C\C/C=C\CCCCCCCCCCCCCCCC(=O)OC(COC(=O)CCCCCCCCCCCCCCCCCC/C=C\C/C=C\C/C=C\C/C=C\C/C=C\C/C=C\C/C=C\C/C=C\CC)COP(=O)(O)OCC[N+](C)(C)C. The molecule has 0 saturated carbocycles. The summed E-state index contributed by atoms with van der Waals surface area (Å²) in [5.41, 5.74) is 0. The van der Waals surface area contributed by atoms with Crippen molar-refractivity contribution in [2.45, 2.75) is 341 Å². The Kier molecular flexibility index (Phi) is 79.4. The van der Waals surface area contributed by atoms with Crippen LogP contribution in [0.2, 0.25) is 0 Å². The van der Waals surface area contributed by atoms with Crippen LogP contribution >= 0.6 is 7.82 Å². The number of hydrogen-bond donors (Lipinski definition) is 1. The lowest BCUT2D eigenvalue weighted by molar-refractivity contribution is -0.870. The average molecular weight is 1490 g/mol. The molecular weight excluding hydrogens is 1330 g/mol. The van der Waals surface area contributed by atoms with Crippen LogP contribution in [0.5, 0.6) is 0 Å². The van der Waals surface area contributed by atoms with E-state index in [1.165, 1.54) is 154 Å². The Hall–Kier alpha value is -5.41. The van der Waals surface area contributed by atoms with Gasteiger partial charge in [-0.25, -0.2) is 4.57 Å². The number of esters is 2. The second-order valence-electron chi connectivity index (χ2n) is 29.1. The first-order chi connectivity index (χ1) is 52.0. The van der Waals surface area contributed by atoms with Crippen LogP contribution in [0, 0.1) is 0 Å². The number of phosphoric acid groups is 1. The van der Waals surface area contributed by atoms with Gasteiger partial charge in [-0.3, -0.25) is 18.6 Å². The normalized spacial score (nSPS) is 14.1. The van der Waals surface area contributed by atoms with Gasteiger partial charge in [-0.05, 0) is 148 Å². The van der Waals surface area contributed by atoms with Gasteiger partial charge in [0.2, 0.25) is 0 Å². The largest absolute Gasteiger partial charge is 0.472 e. The van der Waals surface area contributed by atoms with Crippen molar-refractivity contribution in [2.75, 3.05) is 47.5 Å². The first-order valence-electron chi connectivity index (χ1n) is 42.8. The van der Waals surface area contributed by atoms with E-state index in [4.69, 9.17) is 18.5 Å². The van der Waals surface area contributed by atoms with Crippen LogP contribution in [0.25, 0.3) is 0 Å². The monoisotopic (exact) mass is 1490 g/mol. The molecule has 2 atom stereocenters. The molecule has 9 nitrogen and oxygen atoms in total. The highest BCUT2D eigenvalue weighted by Gasteiger charge is 2.27. The molecule has 0 aliphatic rings. The highest BCUT2D eigenvalue weighted by Crippen LogP contribution is 2.43. The molecule has 0 fully saturated rings. The van der Waals surface area contributed by atoms with Crippen molar-refractivity contribution >= 4 is 19.8 Å². The number of rotatable bonds is 77. The number of carbonyl (C=O) groups is 2. The van der Waals surface area contributed by atoms with Gasteiger partial charge in [0.15, 0.2) is 6.10 Å². The molecule has 0 aromatic carbocycles. The second-order valence-corrected chi connectivity index (χ2v) is 30.6. The molecule has 0 rings (SSSR count). The molecule has 106 heavy (non-hydrogen) atoms. The van der Waals surface area contributed by atoms with E-state index in [0.717, 1.165) is 148 Å². The summed E-state index contributed by atoms with van der Waals surface area (Å²) in [6.45, 7) is 4.21. The summed E-state index contributed by atoms with van der Waals surface area (Å²) >= 11 is 0. The molecule has 0 spiro atoms. The van der Waals surface area contributed by atoms with Crippen molar-refractivity contribution in [3.63, 3.8) is 0 Å². The summed E-state index contributed by atoms with van der Waals surface area (Å²) < 4.78 is 34.9. The Morgan fingerprint density at radius 2 is 0.509 bits per heavy atom. The third-order valence-corrected chi connectivity index (χ3v) is 18.8. The standard InChI is InChI=1S/C96H158NO8P/c1-6-8-10-12-14-16-18-20-22-24-26-28-30-32-34-36-38-40-42-44-46-48-50-52-54-56-58-60-62-64-66-68-70-72-74-76-78-80-82-84-86-88-95(98)102-92-94(93-104-106(100,101)103-91-90-97(3,4)5)105-96(99)89-87-85-83-81-79-77-75-73-71-69-67-65-63-61-59-57-55-53-51-49-47-45-43-41-39-37-35-33-31-29-27-25-23-21-19-17-15-13-11-9-7-2/h8-11,14-17,20-23,26-29,32-35,38-41,44-47,50-53,57,59,94H,6-7,12-13,18-19,24-25,30-31,36-37,42-43,48-49,54-56,58,60-93H2,1-5H3/p+1/b10-8-,11-9-,16-14-,17-15-,22-20-,23-21-,28-26-,29-27-,34-32-,35-33-,40-38-,41-39-,46-44-,47-45-,52-50-,53-51-,59-57-. The minimum absolute atomic E-state index is 0.0244. The van der Waals surface area contributed by atoms with E-state index < -0.39 is 26.5 Å². The number of hydrogen-bond acceptors (Lipinski definition) is 7. The zero-order valence-corrected chi connectivity index (χ0v) is 69.5. The van der Waals surface area contributed by atoms with Gasteiger partial charge in [0.25, 0.3) is 0 Å². The lowest BCUT2D eigenvalue weighted by Gasteiger charge is -2.24. The molecule has 2 unspecified atom stereocenters. The molecule has 0 saturated heterocycles. The third-order valence-electron chi connectivity index (χ3n) is 17.8. The van der Waals surface area contributed by atoms with Gasteiger partial charge in [0.05, 0.1) is 27.7 Å². The summed E-state index contributed by atoms with van der Waals surface area (Å²) in [5.74, 6) is -0.799. The first kappa shape index (κ1) is 101. The van der Waals surface area contributed by atoms with Crippen LogP contribution < -0.4 is 0 Å². The maximum Gasteiger partial charge on any atom is 0.472 e. The Balaban J connectivity index is 4.00. The molecule has 0 bridgehead atoms. The summed E-state index contributed by atoms with van der Waals surface area (Å²) in [4.78, 5) is 36.1. The second kappa shape index (κ2) is 83.6. The maximum atomic E-state index is 12.9. The van der Waals surface area contributed by atoms with Gasteiger partial charge in [0.1, 0.15) is 19.8 Å². The van der Waals surface area contributed by atoms with Crippen LogP contribution in [0.1, 0.15) is 335 Å². The van der Waals surface area contributed by atoms with Gasteiger partial charge in [0, 0.05) is 12.8 Å². The van der Waals surface area contributed by atoms with Gasteiger partial charge >= 0.3 is 19.8 Å². The van der Waals surface area contributed by atoms with E-state index in [0.29, 0.717) is 17.4 Å². The van der Waals surface area contributed by atoms with Gasteiger partial charge < -0.3 is 18.9 Å². The van der Waals surface area contributed by atoms with Crippen molar-refractivity contribution in [3.8, 4) is 0 Å². The Labute approximate surface area is 653 Å². The van der Waals surface area contributed by atoms with Gasteiger partial charge in [-0.2, -0.15) is 0 Å². The van der Waals surface area contributed by atoms with Gasteiger partial charge in [-0.15, -0.1) is 0 Å². The zero-order chi connectivity index (χ0) is 76.8. The van der Waals surface area contributed by atoms with Crippen molar-refractivity contribution in [1.82, 2.24) is 0 Å². The molecule has 0 aromatic rings. The quantitative estimate of drug-likeness (QED) is 0.0211. The summed E-state index contributed by atoms with van der Waals surface area (Å²) in [6, 6.07) is 0. The summed E-state index contributed by atoms with van der Waals surface area (Å²) in [5, 5.41) is 0. The lowest BCUT2D eigenvalue weighted by Crippen LogP contribution is -2.37. The van der Waals surface area contributed by atoms with Crippen molar-refractivity contribution < 1.29 is 42.1 Å². The number of nitrogens with zero attached hydrogens (tertiary/aromatic N) is 1. The number of unbranched alkanes of at least 4 members (excludes halogenated alkanes) is 29. The van der Waals surface area contributed by atoms with Crippen molar-refractivity contribution in [1.29, 1.82) is 0 Å². The molecule has 10 heteroatoms. The third kappa shape index (κ3) is 87.5. The van der Waals surface area contributed by atoms with E-state index in [1.54, 1.807) is 0 Å². The molecule has 0 aromatic heterocycles. The number of likely N-dealkylation sites (N-methyl/N-ethyl adjacent to an activating group) is 1. The summed E-state index contributed by atoms with van der Waals surface area (Å²) in [7, 11) is 1.47. The molecule has 0 aliphatic heterocycles. The first-order valence-corrected chi connectivity index (χ1v) is 44.3. The van der Waals surface area contributed by atoms with Crippen molar-refractivity contribution in [3.05, 3.63) is 207 Å². The van der Waals surface area contributed by atoms with Crippen LogP contribution in [-0.2, 0) is 32.7 Å². The highest BCUT2D eigenvalue weighted by atomic mass is 31.2. The number of phosphoric ester groups is 1. The van der Waals surface area contributed by atoms with E-state index >= 15 is 0 Å². The smallest absolute Gasteiger partial charge is 0.462 e. The van der Waals surface area contributed by atoms with Crippen LogP contribution in [0.4, 0.5) is 0 Å². The van der Waals surface area contributed by atoms with Gasteiger partial charge in [-0.1, -0.05) is 381 Å². The zero-order valence-electron chi connectivity index (χ0n) is 68.6. The molecule has 1 N–H and O–H groups in total. The lowest BCUT2D eigenvalue weighted by atomic mass is 10.0. The maximum absolute atomic E-state index is 12.9. The van der Waals surface area contributed by atoms with Crippen LogP contribution in [0.15, 0.2) is 207 Å². The number of carbonyl (C=O) groups excluding carboxylic acids is 2.